The molecule has 1 aliphatic rings. The zero-order chi connectivity index (χ0) is 19.6. The molecule has 3 rings (SSSR count). The first-order valence-corrected chi connectivity index (χ1v) is 8.04. The highest BCUT2D eigenvalue weighted by Crippen LogP contribution is 2.31. The second kappa shape index (κ2) is 7.21. The highest BCUT2D eigenvalue weighted by molar-refractivity contribution is 5.91. The molecule has 1 amide bonds. The number of halogens is 3. The second-order valence-electron chi connectivity index (χ2n) is 6.00. The van der Waals surface area contributed by atoms with Crippen LogP contribution in [0.3, 0.4) is 0 Å². The summed E-state index contributed by atoms with van der Waals surface area (Å²) in [7, 11) is 0. The molecule has 9 nitrogen and oxygen atoms in total. The molecule has 0 radical (unpaired) electrons. The van der Waals surface area contributed by atoms with Crippen LogP contribution in [0.4, 0.5) is 30.5 Å². The minimum Gasteiger partial charge on any atom is -0.366 e. The van der Waals surface area contributed by atoms with Crippen LogP contribution in [0.5, 0.6) is 0 Å². The first kappa shape index (κ1) is 18.6. The molecule has 144 valence electrons. The van der Waals surface area contributed by atoms with Crippen LogP contribution in [0, 0.1) is 16.0 Å². The van der Waals surface area contributed by atoms with Crippen LogP contribution in [0.2, 0.25) is 0 Å². The van der Waals surface area contributed by atoms with Crippen LogP contribution in [-0.4, -0.2) is 39.1 Å². The standard InChI is InChI=1S/C15H15F3N6O3/c16-15(17,18)13-20-14(22-21-13)19-12(25)9-5-7-23(8-6-9)10-3-1-2-4-11(10)24(26)27/h1-4,9H,5-8H2,(H2,19,20,21,22,25). The number of para-hydroxylation sites is 2. The fourth-order valence-corrected chi connectivity index (χ4v) is 2.93. The van der Waals surface area contributed by atoms with Gasteiger partial charge in [-0.1, -0.05) is 12.1 Å². The molecule has 1 aromatic carbocycles. The van der Waals surface area contributed by atoms with Gasteiger partial charge < -0.3 is 4.90 Å². The maximum atomic E-state index is 12.5. The number of carbonyl (C=O) groups is 1. The molecule has 2 N–H and O–H groups in total. The number of H-pyrrole nitrogens is 1. The molecule has 0 unspecified atom stereocenters. The van der Waals surface area contributed by atoms with Crippen molar-refractivity contribution in [3.63, 3.8) is 0 Å². The van der Waals surface area contributed by atoms with Gasteiger partial charge in [0.2, 0.25) is 17.7 Å². The van der Waals surface area contributed by atoms with Crippen LogP contribution in [-0.2, 0) is 11.0 Å². The Morgan fingerprint density at radius 3 is 2.56 bits per heavy atom. The predicted molar refractivity (Wildman–Crippen MR) is 88.0 cm³/mol. The zero-order valence-electron chi connectivity index (χ0n) is 13.9. The van der Waals surface area contributed by atoms with Crippen molar-refractivity contribution in [3.8, 4) is 0 Å². The predicted octanol–water partition coefficient (Wildman–Crippen LogP) is 2.59. The van der Waals surface area contributed by atoms with Crippen LogP contribution in [0.15, 0.2) is 24.3 Å². The van der Waals surface area contributed by atoms with Crippen molar-refractivity contribution in [2.45, 2.75) is 19.0 Å². The number of rotatable bonds is 4. The van der Waals surface area contributed by atoms with Gasteiger partial charge in [-0.2, -0.15) is 18.2 Å². The molecular formula is C15H15F3N6O3. The summed E-state index contributed by atoms with van der Waals surface area (Å²) in [4.78, 5) is 27.9. The Labute approximate surface area is 150 Å². The molecule has 1 fully saturated rings. The van der Waals surface area contributed by atoms with Crippen molar-refractivity contribution in [3.05, 3.63) is 40.2 Å². The van der Waals surface area contributed by atoms with E-state index in [0.717, 1.165) is 0 Å². The number of nitro benzene ring substituents is 1. The van der Waals surface area contributed by atoms with Gasteiger partial charge >= 0.3 is 6.18 Å². The first-order valence-electron chi connectivity index (χ1n) is 8.04. The van der Waals surface area contributed by atoms with Gasteiger partial charge in [0.15, 0.2) is 0 Å². The van der Waals surface area contributed by atoms with Crippen molar-refractivity contribution < 1.29 is 22.9 Å². The summed E-state index contributed by atoms with van der Waals surface area (Å²) in [6.07, 6.45) is -3.88. The van der Waals surface area contributed by atoms with E-state index in [1.807, 2.05) is 4.90 Å². The third-order valence-corrected chi connectivity index (χ3v) is 4.27. The lowest BCUT2D eigenvalue weighted by Crippen LogP contribution is -2.38. The van der Waals surface area contributed by atoms with Crippen molar-refractivity contribution in [1.29, 1.82) is 0 Å². The van der Waals surface area contributed by atoms with Crippen molar-refractivity contribution >= 4 is 23.2 Å². The highest BCUT2D eigenvalue weighted by atomic mass is 19.4. The SMILES string of the molecule is O=C(Nc1n[nH]c(C(F)(F)F)n1)C1CCN(c2ccccc2[N+](=O)[O-])CC1. The summed E-state index contributed by atoms with van der Waals surface area (Å²) in [5.74, 6) is -2.65. The van der Waals surface area contributed by atoms with E-state index >= 15 is 0 Å². The van der Waals surface area contributed by atoms with Gasteiger partial charge in [-0.15, -0.1) is 5.10 Å². The molecule has 1 aromatic heterocycles. The van der Waals surface area contributed by atoms with Crippen molar-refractivity contribution in [1.82, 2.24) is 15.2 Å². The maximum absolute atomic E-state index is 12.5. The van der Waals surface area contributed by atoms with Gasteiger partial charge in [0.25, 0.3) is 5.69 Å². The van der Waals surface area contributed by atoms with Crippen molar-refractivity contribution in [2.75, 3.05) is 23.3 Å². The van der Waals surface area contributed by atoms with E-state index in [9.17, 15) is 28.1 Å². The zero-order valence-corrected chi connectivity index (χ0v) is 13.9. The highest BCUT2D eigenvalue weighted by Gasteiger charge is 2.36. The smallest absolute Gasteiger partial charge is 0.366 e. The number of hydrogen-bond acceptors (Lipinski definition) is 6. The average Bonchev–Trinajstić information content (AvgIpc) is 3.11. The van der Waals surface area contributed by atoms with E-state index in [2.05, 4.69) is 15.4 Å². The molecule has 0 bridgehead atoms. The van der Waals surface area contributed by atoms with Gasteiger partial charge in [-0.25, -0.2) is 0 Å². The Morgan fingerprint density at radius 1 is 1.30 bits per heavy atom. The second-order valence-corrected chi connectivity index (χ2v) is 6.00. The van der Waals surface area contributed by atoms with Gasteiger partial charge in [0, 0.05) is 25.1 Å². The molecule has 2 aromatic rings. The number of nitrogens with zero attached hydrogens (tertiary/aromatic N) is 4. The number of benzene rings is 1. The summed E-state index contributed by atoms with van der Waals surface area (Å²) < 4.78 is 37.5. The maximum Gasteiger partial charge on any atom is 0.451 e. The number of aromatic amines is 1. The number of piperidine rings is 1. The summed E-state index contributed by atoms with van der Waals surface area (Å²) in [5.41, 5.74) is 0.464. The fourth-order valence-electron chi connectivity index (χ4n) is 2.93. The summed E-state index contributed by atoms with van der Waals surface area (Å²) in [6.45, 7) is 0.815. The van der Waals surface area contributed by atoms with E-state index in [0.29, 0.717) is 31.6 Å². The summed E-state index contributed by atoms with van der Waals surface area (Å²) in [6, 6.07) is 6.33. The van der Waals surface area contributed by atoms with E-state index in [4.69, 9.17) is 0 Å². The molecule has 2 heterocycles. The van der Waals surface area contributed by atoms with E-state index in [1.165, 1.54) is 6.07 Å². The van der Waals surface area contributed by atoms with Gasteiger partial charge in [-0.3, -0.25) is 25.3 Å². The third-order valence-electron chi connectivity index (χ3n) is 4.27. The lowest BCUT2D eigenvalue weighted by molar-refractivity contribution is -0.384. The Bertz CT molecular complexity index is 845. The minimum atomic E-state index is -4.67. The van der Waals surface area contributed by atoms with E-state index < -0.39 is 34.7 Å². The molecule has 1 saturated heterocycles. The average molecular weight is 384 g/mol. The molecule has 27 heavy (non-hydrogen) atoms. The molecule has 1 aliphatic heterocycles. The van der Waals surface area contributed by atoms with Gasteiger partial charge in [0.05, 0.1) is 4.92 Å². The Balaban J connectivity index is 1.60. The lowest BCUT2D eigenvalue weighted by Gasteiger charge is -2.32. The third kappa shape index (κ3) is 4.15. The lowest BCUT2D eigenvalue weighted by atomic mass is 9.95. The molecule has 0 aliphatic carbocycles. The quantitative estimate of drug-likeness (QED) is 0.618. The number of amides is 1. The Morgan fingerprint density at radius 2 is 1.96 bits per heavy atom. The van der Waals surface area contributed by atoms with E-state index in [1.54, 1.807) is 23.3 Å². The minimum absolute atomic E-state index is 0.0131. The number of nitrogens with one attached hydrogen (secondary N) is 2. The largest absolute Gasteiger partial charge is 0.451 e. The first-order chi connectivity index (χ1) is 12.8. The summed E-state index contributed by atoms with van der Waals surface area (Å²) >= 11 is 0. The number of hydrogen-bond donors (Lipinski definition) is 2. The fraction of sp³-hybridized carbons (Fsp3) is 0.400. The van der Waals surface area contributed by atoms with Crippen LogP contribution in [0.25, 0.3) is 0 Å². The molecule has 12 heteroatoms. The Hall–Kier alpha value is -3.18. The van der Waals surface area contributed by atoms with Crippen LogP contribution < -0.4 is 10.2 Å². The molecule has 0 saturated carbocycles. The van der Waals surface area contributed by atoms with Crippen LogP contribution >= 0.6 is 0 Å². The molecule has 0 atom stereocenters. The number of carbonyl (C=O) groups excluding carboxylic acids is 1. The molecule has 0 spiro atoms. The number of aromatic nitrogens is 3. The normalized spacial score (nSPS) is 15.6. The Kier molecular flexibility index (Phi) is 4.97. The monoisotopic (exact) mass is 384 g/mol. The van der Waals surface area contributed by atoms with Gasteiger partial charge in [0.1, 0.15) is 5.69 Å². The summed E-state index contributed by atoms with van der Waals surface area (Å²) in [5, 5.41) is 18.5. The number of nitro groups is 1. The molecular weight excluding hydrogens is 369 g/mol. The van der Waals surface area contributed by atoms with Crippen molar-refractivity contribution in [2.24, 2.45) is 5.92 Å². The number of alkyl halides is 3. The number of anilines is 2. The van der Waals surface area contributed by atoms with Gasteiger partial charge in [-0.05, 0) is 18.9 Å². The topological polar surface area (TPSA) is 117 Å². The van der Waals surface area contributed by atoms with Crippen LogP contribution in [0.1, 0.15) is 18.7 Å². The van der Waals surface area contributed by atoms with E-state index in [-0.39, 0.29) is 5.69 Å².